The molecule has 0 aliphatic rings. The summed E-state index contributed by atoms with van der Waals surface area (Å²) in [6, 6.07) is 9.79. The SMILES string of the molecule is CNc1ccc([N+](=O)[O-])cc1COc1ccc(Cl)cc1Br. The van der Waals surface area contributed by atoms with E-state index in [1.165, 1.54) is 12.1 Å². The van der Waals surface area contributed by atoms with Crippen LogP contribution < -0.4 is 10.1 Å². The van der Waals surface area contributed by atoms with E-state index in [1.54, 1.807) is 31.3 Å². The van der Waals surface area contributed by atoms with Crippen molar-refractivity contribution < 1.29 is 9.66 Å². The number of hydrogen-bond acceptors (Lipinski definition) is 4. The molecular formula is C14H12BrClN2O3. The Morgan fingerprint density at radius 1 is 1.33 bits per heavy atom. The maximum atomic E-state index is 10.8. The van der Waals surface area contributed by atoms with Crippen LogP contribution in [0, 0.1) is 10.1 Å². The Hall–Kier alpha value is -1.79. The summed E-state index contributed by atoms with van der Waals surface area (Å²) in [5.74, 6) is 0.618. The molecule has 0 fully saturated rings. The monoisotopic (exact) mass is 370 g/mol. The first kappa shape index (κ1) is 15.6. The van der Waals surface area contributed by atoms with Crippen molar-refractivity contribution in [1.29, 1.82) is 0 Å². The maximum Gasteiger partial charge on any atom is 0.269 e. The van der Waals surface area contributed by atoms with E-state index in [2.05, 4.69) is 21.2 Å². The number of non-ortho nitro benzene ring substituents is 1. The second kappa shape index (κ2) is 6.78. The molecule has 5 nitrogen and oxygen atoms in total. The van der Waals surface area contributed by atoms with E-state index in [9.17, 15) is 10.1 Å². The summed E-state index contributed by atoms with van der Waals surface area (Å²) in [5, 5.41) is 14.4. The summed E-state index contributed by atoms with van der Waals surface area (Å²) in [6.07, 6.45) is 0. The van der Waals surface area contributed by atoms with Crippen molar-refractivity contribution in [3.05, 3.63) is 61.6 Å². The molecule has 0 saturated carbocycles. The number of nitro groups is 1. The third kappa shape index (κ3) is 3.86. The highest BCUT2D eigenvalue weighted by molar-refractivity contribution is 9.10. The van der Waals surface area contributed by atoms with Gasteiger partial charge in [-0.05, 0) is 40.2 Å². The van der Waals surface area contributed by atoms with Crippen LogP contribution in [0.4, 0.5) is 11.4 Å². The van der Waals surface area contributed by atoms with Gasteiger partial charge in [0.25, 0.3) is 5.69 Å². The van der Waals surface area contributed by atoms with Crippen molar-refractivity contribution in [1.82, 2.24) is 0 Å². The fourth-order valence-electron chi connectivity index (χ4n) is 1.80. The largest absolute Gasteiger partial charge is 0.488 e. The highest BCUT2D eigenvalue weighted by atomic mass is 79.9. The second-order valence-corrected chi connectivity index (χ2v) is 5.50. The standard InChI is InChI=1S/C14H12BrClN2O3/c1-17-13-4-3-11(18(19)20)6-9(13)8-21-14-5-2-10(16)7-12(14)15/h2-7,17H,8H2,1H3. The van der Waals surface area contributed by atoms with Gasteiger partial charge in [0.05, 0.1) is 9.40 Å². The highest BCUT2D eigenvalue weighted by Crippen LogP contribution is 2.30. The zero-order valence-electron chi connectivity index (χ0n) is 11.1. The Balaban J connectivity index is 2.22. The van der Waals surface area contributed by atoms with Crippen LogP contribution in [0.1, 0.15) is 5.56 Å². The average Bonchev–Trinajstić information content (AvgIpc) is 2.46. The van der Waals surface area contributed by atoms with Gasteiger partial charge >= 0.3 is 0 Å². The summed E-state index contributed by atoms with van der Waals surface area (Å²) in [6.45, 7) is 0.206. The van der Waals surface area contributed by atoms with Gasteiger partial charge in [0.1, 0.15) is 12.4 Å². The van der Waals surface area contributed by atoms with Crippen LogP contribution in [0.5, 0.6) is 5.75 Å². The molecule has 0 aliphatic carbocycles. The van der Waals surface area contributed by atoms with E-state index in [1.807, 2.05) is 0 Å². The Kier molecular flexibility index (Phi) is 5.03. The van der Waals surface area contributed by atoms with E-state index in [0.717, 1.165) is 10.2 Å². The molecule has 0 heterocycles. The first-order valence-electron chi connectivity index (χ1n) is 6.04. The number of nitro benzene ring substituents is 1. The molecule has 1 N–H and O–H groups in total. The summed E-state index contributed by atoms with van der Waals surface area (Å²) in [7, 11) is 1.75. The molecule has 2 aromatic rings. The molecule has 0 unspecified atom stereocenters. The molecule has 0 aliphatic heterocycles. The van der Waals surface area contributed by atoms with Crippen LogP contribution in [0.3, 0.4) is 0 Å². The Bertz CT molecular complexity index is 679. The van der Waals surface area contributed by atoms with Gasteiger partial charge < -0.3 is 10.1 Å². The lowest BCUT2D eigenvalue weighted by Crippen LogP contribution is -2.02. The number of rotatable bonds is 5. The average molecular weight is 372 g/mol. The molecule has 0 bridgehead atoms. The van der Waals surface area contributed by atoms with Crippen molar-refractivity contribution in [2.24, 2.45) is 0 Å². The number of hydrogen-bond donors (Lipinski definition) is 1. The number of nitrogens with one attached hydrogen (secondary N) is 1. The van der Waals surface area contributed by atoms with Crippen molar-refractivity contribution >= 4 is 38.9 Å². The van der Waals surface area contributed by atoms with Gasteiger partial charge in [-0.3, -0.25) is 10.1 Å². The third-order valence-electron chi connectivity index (χ3n) is 2.85. The van der Waals surface area contributed by atoms with E-state index in [-0.39, 0.29) is 12.3 Å². The third-order valence-corrected chi connectivity index (χ3v) is 3.70. The summed E-state index contributed by atoms with van der Waals surface area (Å²) in [4.78, 5) is 10.4. The van der Waals surface area contributed by atoms with Crippen molar-refractivity contribution in [3.8, 4) is 5.75 Å². The normalized spacial score (nSPS) is 10.2. The van der Waals surface area contributed by atoms with Crippen molar-refractivity contribution in [2.45, 2.75) is 6.61 Å². The van der Waals surface area contributed by atoms with Crippen molar-refractivity contribution in [2.75, 3.05) is 12.4 Å². The number of halogens is 2. The van der Waals surface area contributed by atoms with Crippen LogP contribution in [-0.2, 0) is 6.61 Å². The molecule has 0 amide bonds. The molecule has 0 saturated heterocycles. The van der Waals surface area contributed by atoms with Gasteiger partial charge in [-0.2, -0.15) is 0 Å². The molecule has 0 atom stereocenters. The predicted molar refractivity (Wildman–Crippen MR) is 86.1 cm³/mol. The van der Waals surface area contributed by atoms with Crippen LogP contribution >= 0.6 is 27.5 Å². The summed E-state index contributed by atoms with van der Waals surface area (Å²) < 4.78 is 6.42. The minimum absolute atomic E-state index is 0.0303. The van der Waals surface area contributed by atoms with Crippen LogP contribution in [0.2, 0.25) is 5.02 Å². The van der Waals surface area contributed by atoms with Gasteiger partial charge in [-0.25, -0.2) is 0 Å². The molecule has 21 heavy (non-hydrogen) atoms. The van der Waals surface area contributed by atoms with Gasteiger partial charge in [0.15, 0.2) is 0 Å². The second-order valence-electron chi connectivity index (χ2n) is 4.21. The van der Waals surface area contributed by atoms with Crippen molar-refractivity contribution in [3.63, 3.8) is 0 Å². The fourth-order valence-corrected chi connectivity index (χ4v) is 2.60. The predicted octanol–water partition coefficient (Wildman–Crippen LogP) is 4.63. The van der Waals surface area contributed by atoms with Gasteiger partial charge in [-0.1, -0.05) is 11.6 Å². The number of benzene rings is 2. The number of ether oxygens (including phenoxy) is 1. The van der Waals surface area contributed by atoms with Crippen LogP contribution in [0.25, 0.3) is 0 Å². The lowest BCUT2D eigenvalue weighted by atomic mass is 10.1. The minimum Gasteiger partial charge on any atom is -0.488 e. The quantitative estimate of drug-likeness (QED) is 0.614. The molecule has 0 radical (unpaired) electrons. The lowest BCUT2D eigenvalue weighted by Gasteiger charge is -2.12. The Labute approximate surface area is 135 Å². The maximum absolute atomic E-state index is 10.8. The highest BCUT2D eigenvalue weighted by Gasteiger charge is 2.11. The topological polar surface area (TPSA) is 64.4 Å². The molecule has 0 aromatic heterocycles. The molecular weight excluding hydrogens is 360 g/mol. The smallest absolute Gasteiger partial charge is 0.269 e. The van der Waals surface area contributed by atoms with Gasteiger partial charge in [0.2, 0.25) is 0 Å². The first-order chi connectivity index (χ1) is 10.0. The zero-order chi connectivity index (χ0) is 15.4. The summed E-state index contributed by atoms with van der Waals surface area (Å²) in [5.41, 5.74) is 1.52. The minimum atomic E-state index is -0.429. The Morgan fingerprint density at radius 3 is 2.71 bits per heavy atom. The molecule has 2 rings (SSSR count). The number of nitrogens with zero attached hydrogens (tertiary/aromatic N) is 1. The van der Waals surface area contributed by atoms with Gasteiger partial charge in [0, 0.05) is 35.5 Å². The lowest BCUT2D eigenvalue weighted by molar-refractivity contribution is -0.384. The number of anilines is 1. The Morgan fingerprint density at radius 2 is 2.10 bits per heavy atom. The van der Waals surface area contributed by atoms with E-state index < -0.39 is 4.92 Å². The first-order valence-corrected chi connectivity index (χ1v) is 7.21. The zero-order valence-corrected chi connectivity index (χ0v) is 13.4. The van der Waals surface area contributed by atoms with Crippen LogP contribution in [0.15, 0.2) is 40.9 Å². The summed E-state index contributed by atoms with van der Waals surface area (Å²) >= 11 is 9.23. The molecule has 110 valence electrons. The molecule has 7 heteroatoms. The fraction of sp³-hybridized carbons (Fsp3) is 0.143. The van der Waals surface area contributed by atoms with Crippen LogP contribution in [-0.4, -0.2) is 12.0 Å². The van der Waals surface area contributed by atoms with E-state index in [0.29, 0.717) is 16.3 Å². The molecule has 0 spiro atoms. The van der Waals surface area contributed by atoms with E-state index >= 15 is 0 Å². The van der Waals surface area contributed by atoms with E-state index in [4.69, 9.17) is 16.3 Å². The van der Waals surface area contributed by atoms with Gasteiger partial charge in [-0.15, -0.1) is 0 Å². The molecule has 2 aromatic carbocycles.